The normalized spacial score (nSPS) is 17.5. The second-order valence-electron chi connectivity index (χ2n) is 7.13. The number of aromatic nitrogens is 1. The fourth-order valence-corrected chi connectivity index (χ4v) is 3.39. The standard InChI is InChI=1S/C21H26F3N5.HI/c1-25-20(27-12-9-18-4-2-3-11-26-18)28-19-10-13-29(15-19)14-16-5-7-17(8-6-16)21(22,23)24;/h2-8,11,19H,9-10,12-15H2,1H3,(H2,25,27,28);1H. The predicted molar refractivity (Wildman–Crippen MR) is 123 cm³/mol. The highest BCUT2D eigenvalue weighted by atomic mass is 127. The number of guanidine groups is 1. The molecule has 2 N–H and O–H groups in total. The van der Waals surface area contributed by atoms with Crippen LogP contribution in [0.5, 0.6) is 0 Å². The molecule has 0 aliphatic carbocycles. The van der Waals surface area contributed by atoms with Crippen LogP contribution in [0.2, 0.25) is 0 Å². The maximum absolute atomic E-state index is 12.7. The zero-order valence-electron chi connectivity index (χ0n) is 16.8. The largest absolute Gasteiger partial charge is 0.416 e. The van der Waals surface area contributed by atoms with Crippen LogP contribution < -0.4 is 10.6 Å². The Balaban J connectivity index is 0.00000320. The molecule has 0 saturated carbocycles. The predicted octanol–water partition coefficient (Wildman–Crippen LogP) is 3.70. The number of nitrogens with zero attached hydrogens (tertiary/aromatic N) is 3. The minimum Gasteiger partial charge on any atom is -0.356 e. The van der Waals surface area contributed by atoms with E-state index < -0.39 is 11.7 Å². The molecule has 1 fully saturated rings. The summed E-state index contributed by atoms with van der Waals surface area (Å²) in [5.41, 5.74) is 1.30. The van der Waals surface area contributed by atoms with Crippen molar-refractivity contribution in [2.45, 2.75) is 31.6 Å². The van der Waals surface area contributed by atoms with Crippen LogP contribution in [0, 0.1) is 0 Å². The third-order valence-corrected chi connectivity index (χ3v) is 4.92. The first-order chi connectivity index (χ1) is 13.9. The lowest BCUT2D eigenvalue weighted by atomic mass is 10.1. The van der Waals surface area contributed by atoms with Gasteiger partial charge in [0, 0.05) is 57.6 Å². The Morgan fingerprint density at radius 2 is 1.97 bits per heavy atom. The lowest BCUT2D eigenvalue weighted by Crippen LogP contribution is -2.45. The molecule has 0 bridgehead atoms. The van der Waals surface area contributed by atoms with E-state index in [2.05, 4.69) is 25.5 Å². The molecule has 0 amide bonds. The molecule has 1 aliphatic rings. The van der Waals surface area contributed by atoms with Crippen LogP contribution >= 0.6 is 24.0 Å². The van der Waals surface area contributed by atoms with Crippen LogP contribution in [0.4, 0.5) is 13.2 Å². The zero-order valence-corrected chi connectivity index (χ0v) is 19.2. The highest BCUT2D eigenvalue weighted by Gasteiger charge is 2.30. The summed E-state index contributed by atoms with van der Waals surface area (Å²) in [7, 11) is 1.74. The van der Waals surface area contributed by atoms with Crippen LogP contribution in [0.25, 0.3) is 0 Å². The van der Waals surface area contributed by atoms with Gasteiger partial charge in [-0.3, -0.25) is 14.9 Å². The molecule has 9 heteroatoms. The maximum atomic E-state index is 12.7. The molecule has 1 aliphatic heterocycles. The quantitative estimate of drug-likeness (QED) is 0.338. The van der Waals surface area contributed by atoms with E-state index in [-0.39, 0.29) is 30.0 Å². The second kappa shape index (κ2) is 11.5. The van der Waals surface area contributed by atoms with Gasteiger partial charge in [-0.25, -0.2) is 0 Å². The average molecular weight is 533 g/mol. The van der Waals surface area contributed by atoms with Crippen molar-refractivity contribution in [3.63, 3.8) is 0 Å². The van der Waals surface area contributed by atoms with E-state index in [1.807, 2.05) is 18.2 Å². The Morgan fingerprint density at radius 3 is 2.60 bits per heavy atom. The van der Waals surface area contributed by atoms with Crippen molar-refractivity contribution >= 4 is 29.9 Å². The molecule has 1 atom stereocenters. The molecule has 1 aromatic heterocycles. The van der Waals surface area contributed by atoms with Gasteiger partial charge in [0.2, 0.25) is 0 Å². The minimum absolute atomic E-state index is 0. The number of alkyl halides is 3. The van der Waals surface area contributed by atoms with Crippen molar-refractivity contribution in [2.75, 3.05) is 26.7 Å². The molecular weight excluding hydrogens is 506 g/mol. The summed E-state index contributed by atoms with van der Waals surface area (Å²) in [6.07, 6.45) is -0.735. The Hall–Kier alpha value is -1.88. The van der Waals surface area contributed by atoms with Crippen molar-refractivity contribution in [1.29, 1.82) is 0 Å². The van der Waals surface area contributed by atoms with Gasteiger partial charge in [-0.15, -0.1) is 24.0 Å². The van der Waals surface area contributed by atoms with Gasteiger partial charge in [-0.2, -0.15) is 13.2 Å². The molecule has 164 valence electrons. The van der Waals surface area contributed by atoms with Gasteiger partial charge < -0.3 is 10.6 Å². The minimum atomic E-state index is -4.29. The van der Waals surface area contributed by atoms with E-state index >= 15 is 0 Å². The first-order valence-corrected chi connectivity index (χ1v) is 9.69. The Labute approximate surface area is 192 Å². The number of pyridine rings is 1. The molecule has 1 aromatic carbocycles. The number of hydrogen-bond acceptors (Lipinski definition) is 3. The number of rotatable bonds is 6. The lowest BCUT2D eigenvalue weighted by Gasteiger charge is -2.19. The summed E-state index contributed by atoms with van der Waals surface area (Å²) in [6.45, 7) is 3.09. The summed E-state index contributed by atoms with van der Waals surface area (Å²) in [5.74, 6) is 0.752. The highest BCUT2D eigenvalue weighted by Crippen LogP contribution is 2.29. The Kier molecular flexibility index (Phi) is 9.35. The molecule has 2 aromatic rings. The topological polar surface area (TPSA) is 52.6 Å². The number of likely N-dealkylation sites (tertiary alicyclic amines) is 1. The van der Waals surface area contributed by atoms with Gasteiger partial charge in [-0.1, -0.05) is 18.2 Å². The second-order valence-corrected chi connectivity index (χ2v) is 7.13. The number of nitrogens with one attached hydrogen (secondary N) is 2. The first-order valence-electron chi connectivity index (χ1n) is 9.69. The number of hydrogen-bond donors (Lipinski definition) is 2. The average Bonchev–Trinajstić information content (AvgIpc) is 3.14. The molecular formula is C21H27F3IN5. The molecule has 0 spiro atoms. The summed E-state index contributed by atoms with van der Waals surface area (Å²) in [6, 6.07) is 11.5. The molecule has 30 heavy (non-hydrogen) atoms. The van der Waals surface area contributed by atoms with E-state index in [1.165, 1.54) is 0 Å². The van der Waals surface area contributed by atoms with Crippen molar-refractivity contribution in [1.82, 2.24) is 20.5 Å². The van der Waals surface area contributed by atoms with Crippen molar-refractivity contribution in [2.24, 2.45) is 4.99 Å². The fraction of sp³-hybridized carbons (Fsp3) is 0.429. The molecule has 2 heterocycles. The number of benzene rings is 1. The van der Waals surface area contributed by atoms with E-state index in [0.717, 1.165) is 61.8 Å². The van der Waals surface area contributed by atoms with E-state index in [0.29, 0.717) is 6.54 Å². The lowest BCUT2D eigenvalue weighted by molar-refractivity contribution is -0.137. The van der Waals surface area contributed by atoms with Gasteiger partial charge in [0.1, 0.15) is 0 Å². The monoisotopic (exact) mass is 533 g/mol. The SMILES string of the molecule is CN=C(NCCc1ccccn1)NC1CCN(Cc2ccc(C(F)(F)F)cc2)C1.I. The van der Waals surface area contributed by atoms with E-state index in [4.69, 9.17) is 0 Å². The number of aliphatic imine (C=N–C) groups is 1. The molecule has 1 saturated heterocycles. The summed E-state index contributed by atoms with van der Waals surface area (Å²) in [5, 5.41) is 6.73. The third-order valence-electron chi connectivity index (χ3n) is 4.92. The van der Waals surface area contributed by atoms with E-state index in [1.54, 1.807) is 25.4 Å². The summed E-state index contributed by atoms with van der Waals surface area (Å²) >= 11 is 0. The third kappa shape index (κ3) is 7.42. The Morgan fingerprint density at radius 1 is 1.20 bits per heavy atom. The molecule has 3 rings (SSSR count). The fourth-order valence-electron chi connectivity index (χ4n) is 3.39. The first kappa shape index (κ1) is 24.4. The van der Waals surface area contributed by atoms with Gasteiger partial charge in [0.25, 0.3) is 0 Å². The highest BCUT2D eigenvalue weighted by molar-refractivity contribution is 14.0. The van der Waals surface area contributed by atoms with Gasteiger partial charge in [-0.05, 0) is 36.2 Å². The van der Waals surface area contributed by atoms with Crippen LogP contribution in [-0.2, 0) is 19.1 Å². The van der Waals surface area contributed by atoms with Crippen LogP contribution in [0.15, 0.2) is 53.7 Å². The van der Waals surface area contributed by atoms with E-state index in [9.17, 15) is 13.2 Å². The van der Waals surface area contributed by atoms with Gasteiger partial charge in [0.15, 0.2) is 5.96 Å². The van der Waals surface area contributed by atoms with Crippen molar-refractivity contribution < 1.29 is 13.2 Å². The van der Waals surface area contributed by atoms with Crippen molar-refractivity contribution in [3.05, 3.63) is 65.5 Å². The zero-order chi connectivity index (χ0) is 20.7. The van der Waals surface area contributed by atoms with Gasteiger partial charge >= 0.3 is 6.18 Å². The summed E-state index contributed by atoms with van der Waals surface area (Å²) < 4.78 is 38.0. The summed E-state index contributed by atoms with van der Waals surface area (Å²) in [4.78, 5) is 10.8. The Bertz CT molecular complexity index is 797. The molecule has 0 radical (unpaired) electrons. The number of halogens is 4. The van der Waals surface area contributed by atoms with Crippen LogP contribution in [-0.4, -0.2) is 48.6 Å². The van der Waals surface area contributed by atoms with Crippen molar-refractivity contribution in [3.8, 4) is 0 Å². The molecule has 1 unspecified atom stereocenters. The maximum Gasteiger partial charge on any atom is 0.416 e. The van der Waals surface area contributed by atoms with Crippen LogP contribution in [0.3, 0.4) is 0 Å². The smallest absolute Gasteiger partial charge is 0.356 e. The van der Waals surface area contributed by atoms with Gasteiger partial charge in [0.05, 0.1) is 5.56 Å². The van der Waals surface area contributed by atoms with Crippen LogP contribution in [0.1, 0.15) is 23.2 Å². The molecule has 5 nitrogen and oxygen atoms in total.